The highest BCUT2D eigenvalue weighted by molar-refractivity contribution is 5.95. The van der Waals surface area contributed by atoms with Crippen LogP contribution in [0.5, 0.6) is 17.2 Å². The predicted molar refractivity (Wildman–Crippen MR) is 108 cm³/mol. The Morgan fingerprint density at radius 1 is 1.07 bits per heavy atom. The molecule has 1 aliphatic rings. The second kappa shape index (κ2) is 11.5. The minimum atomic E-state index is -0.0204. The number of rotatable bonds is 10. The highest BCUT2D eigenvalue weighted by atomic mass is 16.5. The zero-order chi connectivity index (χ0) is 20.4. The molecule has 1 amide bonds. The zero-order valence-electron chi connectivity index (χ0n) is 17.2. The molecule has 0 aliphatic carbocycles. The Bertz CT molecular complexity index is 647. The Morgan fingerprint density at radius 3 is 2.14 bits per heavy atom. The van der Waals surface area contributed by atoms with Crippen LogP contribution in [0, 0.1) is 18.3 Å². The Balaban J connectivity index is 2.13. The molecule has 0 radical (unpaired) electrons. The highest BCUT2D eigenvalue weighted by Gasteiger charge is 2.26. The van der Waals surface area contributed by atoms with Gasteiger partial charge in [-0.25, -0.2) is 0 Å². The molecule has 0 aromatic heterocycles. The van der Waals surface area contributed by atoms with Crippen LogP contribution in [0.25, 0.3) is 0 Å². The van der Waals surface area contributed by atoms with Gasteiger partial charge in [0.25, 0.3) is 5.91 Å². The van der Waals surface area contributed by atoms with E-state index in [0.29, 0.717) is 74.9 Å². The third-order valence-electron chi connectivity index (χ3n) is 4.60. The fourth-order valence-electron chi connectivity index (χ4n) is 3.28. The lowest BCUT2D eigenvalue weighted by Gasteiger charge is -2.32. The second-order valence-electron chi connectivity index (χ2n) is 6.56. The summed E-state index contributed by atoms with van der Waals surface area (Å²) < 4.78 is 22.6. The van der Waals surface area contributed by atoms with Crippen molar-refractivity contribution in [2.75, 3.05) is 46.1 Å². The normalized spacial score (nSPS) is 14.4. The number of likely N-dealkylation sites (tertiary alicyclic amines) is 1. The molecule has 0 bridgehead atoms. The van der Waals surface area contributed by atoms with Gasteiger partial charge in [0.15, 0.2) is 11.5 Å². The number of benzene rings is 1. The van der Waals surface area contributed by atoms with Crippen molar-refractivity contribution in [2.24, 2.45) is 5.92 Å². The number of ether oxygens (including phenoxy) is 4. The summed E-state index contributed by atoms with van der Waals surface area (Å²) >= 11 is 0. The minimum absolute atomic E-state index is 0.0204. The second-order valence-corrected chi connectivity index (χ2v) is 6.56. The molecule has 2 rings (SSSR count). The molecule has 1 fully saturated rings. The quantitative estimate of drug-likeness (QED) is 0.454. The van der Waals surface area contributed by atoms with Gasteiger partial charge >= 0.3 is 0 Å². The van der Waals surface area contributed by atoms with Gasteiger partial charge in [-0.3, -0.25) is 4.79 Å². The van der Waals surface area contributed by atoms with E-state index in [1.54, 1.807) is 12.1 Å². The molecule has 154 valence electrons. The number of hydrogen-bond acceptors (Lipinski definition) is 5. The average molecular weight is 389 g/mol. The van der Waals surface area contributed by atoms with Gasteiger partial charge in [0.2, 0.25) is 5.75 Å². The van der Waals surface area contributed by atoms with E-state index in [4.69, 9.17) is 25.4 Å². The van der Waals surface area contributed by atoms with Crippen LogP contribution in [0.4, 0.5) is 0 Å². The molecule has 1 aromatic carbocycles. The van der Waals surface area contributed by atoms with Crippen molar-refractivity contribution >= 4 is 5.91 Å². The largest absolute Gasteiger partial charge is 0.490 e. The van der Waals surface area contributed by atoms with E-state index in [9.17, 15) is 4.79 Å². The van der Waals surface area contributed by atoms with Gasteiger partial charge in [0, 0.05) is 18.7 Å². The number of amides is 1. The van der Waals surface area contributed by atoms with E-state index < -0.39 is 0 Å². The Kier molecular flexibility index (Phi) is 8.96. The Morgan fingerprint density at radius 2 is 1.64 bits per heavy atom. The highest BCUT2D eigenvalue weighted by Crippen LogP contribution is 2.39. The summed E-state index contributed by atoms with van der Waals surface area (Å²) in [6.45, 7) is 9.54. The van der Waals surface area contributed by atoms with Crippen molar-refractivity contribution in [3.63, 3.8) is 0 Å². The summed E-state index contributed by atoms with van der Waals surface area (Å²) in [5.74, 6) is 4.52. The molecule has 1 aromatic rings. The fourth-order valence-corrected chi connectivity index (χ4v) is 3.28. The van der Waals surface area contributed by atoms with Crippen LogP contribution in [-0.2, 0) is 4.74 Å². The number of carbonyl (C=O) groups excluding carboxylic acids is 1. The molecule has 0 spiro atoms. The SMILES string of the molecule is C#CCOCC1CCN(C(=O)c2cc(OCC)c(OCC)c(OCC)c2)CC1. The van der Waals surface area contributed by atoms with Gasteiger partial charge in [-0.2, -0.15) is 0 Å². The lowest BCUT2D eigenvalue weighted by atomic mass is 9.97. The lowest BCUT2D eigenvalue weighted by molar-refractivity contribution is 0.0581. The first kappa shape index (κ1) is 21.9. The van der Waals surface area contributed by atoms with E-state index in [0.717, 1.165) is 12.8 Å². The Labute approximate surface area is 168 Å². The van der Waals surface area contributed by atoms with Crippen LogP contribution in [0.2, 0.25) is 0 Å². The number of nitrogens with zero attached hydrogens (tertiary/aromatic N) is 1. The van der Waals surface area contributed by atoms with E-state index in [1.165, 1.54) is 0 Å². The minimum Gasteiger partial charge on any atom is -0.490 e. The molecule has 1 heterocycles. The number of carbonyl (C=O) groups is 1. The van der Waals surface area contributed by atoms with E-state index in [1.807, 2.05) is 25.7 Å². The molecule has 1 aliphatic heterocycles. The van der Waals surface area contributed by atoms with E-state index >= 15 is 0 Å². The van der Waals surface area contributed by atoms with Gasteiger partial charge in [0.05, 0.1) is 26.4 Å². The number of piperidine rings is 1. The standard InChI is InChI=1S/C22H31NO5/c1-5-13-25-16-17-9-11-23(12-10-17)22(24)18-14-19(26-6-2)21(28-8-4)20(15-18)27-7-3/h1,14-15,17H,6-13,16H2,2-4H3. The van der Waals surface area contributed by atoms with E-state index in [-0.39, 0.29) is 5.91 Å². The van der Waals surface area contributed by atoms with Gasteiger partial charge in [0.1, 0.15) is 6.61 Å². The molecule has 0 atom stereocenters. The van der Waals surface area contributed by atoms with Crippen LogP contribution in [0.3, 0.4) is 0 Å². The maximum Gasteiger partial charge on any atom is 0.254 e. The van der Waals surface area contributed by atoms with E-state index in [2.05, 4.69) is 5.92 Å². The summed E-state index contributed by atoms with van der Waals surface area (Å²) in [4.78, 5) is 14.9. The molecule has 0 saturated carbocycles. The summed E-state index contributed by atoms with van der Waals surface area (Å²) in [6.07, 6.45) is 7.02. The Hall–Kier alpha value is -2.39. The molecule has 28 heavy (non-hydrogen) atoms. The van der Waals surface area contributed by atoms with Crippen molar-refractivity contribution in [1.29, 1.82) is 0 Å². The van der Waals surface area contributed by atoms with Crippen molar-refractivity contribution < 1.29 is 23.7 Å². The average Bonchev–Trinajstić information content (AvgIpc) is 2.71. The first-order chi connectivity index (χ1) is 13.6. The van der Waals surface area contributed by atoms with Gasteiger partial charge in [-0.05, 0) is 51.7 Å². The third-order valence-corrected chi connectivity index (χ3v) is 4.60. The molecule has 6 nitrogen and oxygen atoms in total. The van der Waals surface area contributed by atoms with Crippen LogP contribution in [-0.4, -0.2) is 56.9 Å². The first-order valence-corrected chi connectivity index (χ1v) is 10.0. The van der Waals surface area contributed by atoms with Gasteiger partial charge in [-0.15, -0.1) is 6.42 Å². The number of terminal acetylenes is 1. The summed E-state index contributed by atoms with van der Waals surface area (Å²) in [5, 5.41) is 0. The van der Waals surface area contributed by atoms with Gasteiger partial charge in [-0.1, -0.05) is 5.92 Å². The maximum atomic E-state index is 13.1. The molecule has 6 heteroatoms. The van der Waals surface area contributed by atoms with Crippen molar-refractivity contribution in [3.05, 3.63) is 17.7 Å². The van der Waals surface area contributed by atoms with Gasteiger partial charge < -0.3 is 23.8 Å². The topological polar surface area (TPSA) is 57.2 Å². The van der Waals surface area contributed by atoms with Crippen molar-refractivity contribution in [2.45, 2.75) is 33.6 Å². The third kappa shape index (κ3) is 5.80. The number of hydrogen-bond donors (Lipinski definition) is 0. The molecule has 0 unspecified atom stereocenters. The van der Waals surface area contributed by atoms with Crippen LogP contribution in [0.15, 0.2) is 12.1 Å². The summed E-state index contributed by atoms with van der Waals surface area (Å²) in [6, 6.07) is 3.50. The van der Waals surface area contributed by atoms with Crippen LogP contribution < -0.4 is 14.2 Å². The predicted octanol–water partition coefficient (Wildman–Crippen LogP) is 3.38. The summed E-state index contributed by atoms with van der Waals surface area (Å²) in [7, 11) is 0. The van der Waals surface area contributed by atoms with Crippen LogP contribution in [0.1, 0.15) is 44.0 Å². The van der Waals surface area contributed by atoms with Crippen molar-refractivity contribution in [1.82, 2.24) is 4.90 Å². The van der Waals surface area contributed by atoms with Crippen molar-refractivity contribution in [3.8, 4) is 29.6 Å². The fraction of sp³-hybridized carbons (Fsp3) is 0.591. The van der Waals surface area contributed by atoms with Crippen LogP contribution >= 0.6 is 0 Å². The monoisotopic (exact) mass is 389 g/mol. The first-order valence-electron chi connectivity index (χ1n) is 10.0. The molecule has 0 N–H and O–H groups in total. The summed E-state index contributed by atoms with van der Waals surface area (Å²) in [5.41, 5.74) is 0.553. The molecule has 1 saturated heterocycles. The molecular formula is C22H31NO5. The maximum absolute atomic E-state index is 13.1. The lowest BCUT2D eigenvalue weighted by Crippen LogP contribution is -2.39. The zero-order valence-corrected chi connectivity index (χ0v) is 17.2. The smallest absolute Gasteiger partial charge is 0.254 e. The molecular weight excluding hydrogens is 358 g/mol.